The van der Waals surface area contributed by atoms with E-state index in [-0.39, 0.29) is 12.4 Å². The second-order valence-corrected chi connectivity index (χ2v) is 3.03. The first-order valence-corrected chi connectivity index (χ1v) is 3.98. The van der Waals surface area contributed by atoms with Gasteiger partial charge in [0.15, 0.2) is 0 Å². The molecule has 13 heavy (non-hydrogen) atoms. The second-order valence-electron chi connectivity index (χ2n) is 3.03. The first-order valence-electron chi connectivity index (χ1n) is 3.98. The van der Waals surface area contributed by atoms with Gasteiger partial charge in [-0.3, -0.25) is 4.98 Å². The highest BCUT2D eigenvalue weighted by Crippen LogP contribution is 2.22. The Hall–Kier alpha value is -1.00. The normalized spacial score (nSPS) is 15.4. The van der Waals surface area contributed by atoms with E-state index >= 15 is 0 Å². The van der Waals surface area contributed by atoms with Crippen LogP contribution in [0.1, 0.15) is 12.5 Å². The van der Waals surface area contributed by atoms with Crippen LogP contribution in [-0.4, -0.2) is 18.6 Å². The summed E-state index contributed by atoms with van der Waals surface area (Å²) >= 11 is 0. The van der Waals surface area contributed by atoms with Gasteiger partial charge in [0.25, 0.3) is 0 Å². The van der Waals surface area contributed by atoms with Crippen molar-refractivity contribution >= 4 is 0 Å². The zero-order chi connectivity index (χ0) is 9.90. The van der Waals surface area contributed by atoms with Crippen molar-refractivity contribution in [2.24, 2.45) is 5.73 Å². The van der Waals surface area contributed by atoms with Crippen molar-refractivity contribution in [3.63, 3.8) is 0 Å². The Morgan fingerprint density at radius 2 is 2.31 bits per heavy atom. The molecule has 0 saturated heterocycles. The fraction of sp³-hybridized carbons (Fsp3) is 0.444. The van der Waals surface area contributed by atoms with E-state index in [0.717, 1.165) is 6.20 Å². The molecule has 0 aliphatic heterocycles. The lowest BCUT2D eigenvalue weighted by Crippen LogP contribution is -2.33. The molecule has 0 fully saturated rings. The maximum atomic E-state index is 12.8. The van der Waals surface area contributed by atoms with Crippen LogP contribution in [0.25, 0.3) is 0 Å². The molecular weight excluding hydrogens is 171 g/mol. The Morgan fingerprint density at radius 1 is 1.62 bits per heavy atom. The number of hydrogen-bond acceptors (Lipinski definition) is 3. The van der Waals surface area contributed by atoms with Gasteiger partial charge in [-0.15, -0.1) is 0 Å². The zero-order valence-corrected chi connectivity index (χ0v) is 7.75. The lowest BCUT2D eigenvalue weighted by Gasteiger charge is -2.26. The molecule has 0 aromatic carbocycles. The van der Waals surface area contributed by atoms with Crippen LogP contribution in [0, 0.1) is 5.82 Å². The number of halogens is 1. The molecule has 1 aromatic rings. The fourth-order valence-electron chi connectivity index (χ4n) is 1.02. The molecule has 0 saturated carbocycles. The highest BCUT2D eigenvalue weighted by atomic mass is 19.1. The molecule has 0 amide bonds. The Balaban J connectivity index is 3.05. The molecule has 0 bridgehead atoms. The number of hydrogen-bond donors (Lipinski definition) is 1. The average Bonchev–Trinajstić information content (AvgIpc) is 2.17. The summed E-state index contributed by atoms with van der Waals surface area (Å²) in [6, 6.07) is 1.38. The number of methoxy groups -OCH3 is 1. The molecule has 1 aromatic heterocycles. The summed E-state index contributed by atoms with van der Waals surface area (Å²) in [7, 11) is 1.54. The zero-order valence-electron chi connectivity index (χ0n) is 7.75. The van der Waals surface area contributed by atoms with Gasteiger partial charge in [-0.25, -0.2) is 4.39 Å². The highest BCUT2D eigenvalue weighted by Gasteiger charge is 2.24. The summed E-state index contributed by atoms with van der Waals surface area (Å²) in [4.78, 5) is 3.74. The van der Waals surface area contributed by atoms with E-state index in [1.54, 1.807) is 13.1 Å². The van der Waals surface area contributed by atoms with Crippen molar-refractivity contribution in [2.45, 2.75) is 12.5 Å². The van der Waals surface area contributed by atoms with Gasteiger partial charge < -0.3 is 10.5 Å². The third kappa shape index (κ3) is 2.02. The predicted octanol–water partition coefficient (Wildman–Crippen LogP) is 1.04. The van der Waals surface area contributed by atoms with Crippen LogP contribution < -0.4 is 5.73 Å². The standard InChI is InChI=1S/C9H13FN2O/c1-9(6-11,13-2)7-3-8(10)5-12-4-7/h3-5H,6,11H2,1-2H3. The van der Waals surface area contributed by atoms with Crippen LogP contribution in [0.2, 0.25) is 0 Å². The van der Waals surface area contributed by atoms with Crippen molar-refractivity contribution < 1.29 is 9.13 Å². The Morgan fingerprint density at radius 3 is 2.77 bits per heavy atom. The summed E-state index contributed by atoms with van der Waals surface area (Å²) in [5.41, 5.74) is 5.52. The third-order valence-electron chi connectivity index (χ3n) is 2.16. The van der Waals surface area contributed by atoms with E-state index in [0.29, 0.717) is 5.56 Å². The van der Waals surface area contributed by atoms with Crippen molar-refractivity contribution in [3.8, 4) is 0 Å². The van der Waals surface area contributed by atoms with Gasteiger partial charge >= 0.3 is 0 Å². The van der Waals surface area contributed by atoms with Crippen LogP contribution in [-0.2, 0) is 10.3 Å². The maximum absolute atomic E-state index is 12.8. The first kappa shape index (κ1) is 10.1. The smallest absolute Gasteiger partial charge is 0.141 e. The minimum absolute atomic E-state index is 0.286. The van der Waals surface area contributed by atoms with E-state index in [2.05, 4.69) is 4.98 Å². The summed E-state index contributed by atoms with van der Waals surface area (Å²) < 4.78 is 18.0. The molecule has 3 nitrogen and oxygen atoms in total. The van der Waals surface area contributed by atoms with Crippen molar-refractivity contribution in [1.82, 2.24) is 4.98 Å². The molecule has 72 valence electrons. The van der Waals surface area contributed by atoms with Crippen molar-refractivity contribution in [2.75, 3.05) is 13.7 Å². The van der Waals surface area contributed by atoms with Gasteiger partial charge in [-0.05, 0) is 13.0 Å². The molecule has 0 radical (unpaired) electrons. The Kier molecular flexibility index (Phi) is 2.95. The quantitative estimate of drug-likeness (QED) is 0.763. The third-order valence-corrected chi connectivity index (χ3v) is 2.16. The Labute approximate surface area is 76.7 Å². The van der Waals surface area contributed by atoms with Gasteiger partial charge in [-0.1, -0.05) is 0 Å². The van der Waals surface area contributed by atoms with Gasteiger partial charge in [0.2, 0.25) is 0 Å². The molecule has 1 atom stereocenters. The summed E-state index contributed by atoms with van der Waals surface area (Å²) in [5, 5.41) is 0. The molecule has 1 unspecified atom stereocenters. The van der Waals surface area contributed by atoms with E-state index in [9.17, 15) is 4.39 Å². The molecular formula is C9H13FN2O. The monoisotopic (exact) mass is 184 g/mol. The van der Waals surface area contributed by atoms with E-state index in [4.69, 9.17) is 10.5 Å². The summed E-state index contributed by atoms with van der Waals surface area (Å²) in [6.07, 6.45) is 2.70. The largest absolute Gasteiger partial charge is 0.372 e. The molecule has 0 aliphatic carbocycles. The van der Waals surface area contributed by atoms with E-state index in [1.807, 2.05) is 0 Å². The number of rotatable bonds is 3. The topological polar surface area (TPSA) is 48.1 Å². The summed E-state index contributed by atoms with van der Waals surface area (Å²) in [6.45, 7) is 2.08. The fourth-order valence-corrected chi connectivity index (χ4v) is 1.02. The number of nitrogens with zero attached hydrogens (tertiary/aromatic N) is 1. The molecule has 2 N–H and O–H groups in total. The molecule has 0 spiro atoms. The molecule has 0 aliphatic rings. The molecule has 1 rings (SSSR count). The lowest BCUT2D eigenvalue weighted by molar-refractivity contribution is 0.00954. The average molecular weight is 184 g/mol. The first-order chi connectivity index (χ1) is 6.12. The minimum atomic E-state index is -0.658. The van der Waals surface area contributed by atoms with E-state index in [1.165, 1.54) is 13.2 Å². The molecule has 4 heteroatoms. The second kappa shape index (κ2) is 3.81. The SMILES string of the molecule is COC(C)(CN)c1cncc(F)c1. The van der Waals surface area contributed by atoms with Gasteiger partial charge in [0, 0.05) is 25.4 Å². The van der Waals surface area contributed by atoms with Crippen LogP contribution in [0.15, 0.2) is 18.5 Å². The van der Waals surface area contributed by atoms with Crippen LogP contribution >= 0.6 is 0 Å². The lowest BCUT2D eigenvalue weighted by atomic mass is 9.98. The number of aromatic nitrogens is 1. The van der Waals surface area contributed by atoms with Crippen LogP contribution in [0.4, 0.5) is 4.39 Å². The van der Waals surface area contributed by atoms with Crippen LogP contribution in [0.5, 0.6) is 0 Å². The van der Waals surface area contributed by atoms with Crippen LogP contribution in [0.3, 0.4) is 0 Å². The van der Waals surface area contributed by atoms with Crippen molar-refractivity contribution in [1.29, 1.82) is 0 Å². The predicted molar refractivity (Wildman–Crippen MR) is 47.6 cm³/mol. The van der Waals surface area contributed by atoms with E-state index < -0.39 is 5.60 Å². The minimum Gasteiger partial charge on any atom is -0.372 e. The van der Waals surface area contributed by atoms with Gasteiger partial charge in [0.05, 0.1) is 6.20 Å². The number of ether oxygens (including phenoxy) is 1. The van der Waals surface area contributed by atoms with Gasteiger partial charge in [-0.2, -0.15) is 0 Å². The Bertz CT molecular complexity index is 287. The van der Waals surface area contributed by atoms with Gasteiger partial charge in [0.1, 0.15) is 11.4 Å². The number of pyridine rings is 1. The summed E-state index contributed by atoms with van der Waals surface area (Å²) in [5.74, 6) is -0.380. The molecule has 1 heterocycles. The van der Waals surface area contributed by atoms with Crippen molar-refractivity contribution in [3.05, 3.63) is 29.8 Å². The highest BCUT2D eigenvalue weighted by molar-refractivity contribution is 5.18. The number of nitrogens with two attached hydrogens (primary N) is 1. The maximum Gasteiger partial charge on any atom is 0.141 e.